The first-order valence-corrected chi connectivity index (χ1v) is 11.6. The van der Waals surface area contributed by atoms with Crippen molar-refractivity contribution >= 4 is 39.5 Å². The summed E-state index contributed by atoms with van der Waals surface area (Å²) in [6.45, 7) is 5.67. The van der Waals surface area contributed by atoms with E-state index in [2.05, 4.69) is 38.0 Å². The number of carbonyl (C=O) groups is 1. The van der Waals surface area contributed by atoms with E-state index in [1.165, 1.54) is 5.69 Å². The Kier molecular flexibility index (Phi) is 7.75. The molecule has 0 saturated carbocycles. The topological polar surface area (TPSA) is 60.4 Å². The van der Waals surface area contributed by atoms with E-state index in [0.717, 1.165) is 42.0 Å². The Bertz CT molecular complexity index is 1110. The van der Waals surface area contributed by atoms with Crippen LogP contribution in [0.2, 0.25) is 0 Å². The molecule has 0 spiro atoms. The summed E-state index contributed by atoms with van der Waals surface area (Å²) in [5.74, 6) is 0.427. The van der Waals surface area contributed by atoms with Crippen LogP contribution >= 0.6 is 15.9 Å². The van der Waals surface area contributed by atoms with Crippen LogP contribution in [0.15, 0.2) is 76.2 Å². The lowest BCUT2D eigenvalue weighted by molar-refractivity contribution is 0.0728. The molecule has 6 nitrogen and oxygen atoms in total. The molecule has 170 valence electrons. The molecule has 4 rings (SSSR count). The molecule has 1 fully saturated rings. The first kappa shape index (κ1) is 23.0. The lowest BCUT2D eigenvalue weighted by Crippen LogP contribution is -2.36. The van der Waals surface area contributed by atoms with Crippen molar-refractivity contribution in [2.45, 2.75) is 6.92 Å². The average Bonchev–Trinajstić information content (AvgIpc) is 2.85. The van der Waals surface area contributed by atoms with Crippen LogP contribution in [0.1, 0.15) is 22.8 Å². The third kappa shape index (κ3) is 6.21. The molecule has 1 aliphatic rings. The van der Waals surface area contributed by atoms with Crippen molar-refractivity contribution in [3.8, 4) is 11.5 Å². The molecule has 0 bridgehead atoms. The number of benzene rings is 3. The van der Waals surface area contributed by atoms with Gasteiger partial charge in [-0.25, -0.2) is 4.79 Å². The van der Waals surface area contributed by atoms with Crippen LogP contribution in [-0.2, 0) is 4.74 Å². The minimum atomic E-state index is -0.440. The van der Waals surface area contributed by atoms with Crippen LogP contribution in [0.5, 0.6) is 11.5 Å². The highest BCUT2D eigenvalue weighted by Crippen LogP contribution is 2.29. The number of hydrogen-bond acceptors (Lipinski definition) is 6. The van der Waals surface area contributed by atoms with Crippen LogP contribution in [0.3, 0.4) is 0 Å². The summed E-state index contributed by atoms with van der Waals surface area (Å²) in [4.78, 5) is 19.4. The molecule has 1 aliphatic heterocycles. The third-order valence-electron chi connectivity index (χ3n) is 5.14. The summed E-state index contributed by atoms with van der Waals surface area (Å²) in [6, 6.07) is 20.6. The van der Waals surface area contributed by atoms with Crippen LogP contribution in [0.25, 0.3) is 0 Å². The van der Waals surface area contributed by atoms with E-state index in [1.54, 1.807) is 36.5 Å². The Labute approximate surface area is 201 Å². The van der Waals surface area contributed by atoms with Gasteiger partial charge in [0.15, 0.2) is 11.5 Å². The minimum absolute atomic E-state index is 0.372. The molecule has 3 aromatic rings. The van der Waals surface area contributed by atoms with Crippen molar-refractivity contribution in [2.24, 2.45) is 4.99 Å². The monoisotopic (exact) mass is 508 g/mol. The standard InChI is InChI=1S/C26H25BrN2O4/c1-2-32-25-17-19(3-12-24(25)33-26(30)20-4-6-21(27)7-5-20)18-28-22-8-10-23(11-9-22)29-13-15-31-16-14-29/h3-12,17-18H,2,13-16H2,1H3. The normalized spacial score (nSPS) is 13.8. The van der Waals surface area contributed by atoms with Gasteiger partial charge in [0.1, 0.15) is 0 Å². The molecular formula is C26H25BrN2O4. The van der Waals surface area contributed by atoms with Crippen molar-refractivity contribution in [1.29, 1.82) is 0 Å². The van der Waals surface area contributed by atoms with Crippen LogP contribution in [-0.4, -0.2) is 45.1 Å². The van der Waals surface area contributed by atoms with Gasteiger partial charge >= 0.3 is 5.97 Å². The van der Waals surface area contributed by atoms with Gasteiger partial charge in [0, 0.05) is 29.5 Å². The van der Waals surface area contributed by atoms with Crippen molar-refractivity contribution in [3.05, 3.63) is 82.3 Å². The predicted molar refractivity (Wildman–Crippen MR) is 133 cm³/mol. The molecule has 0 aromatic heterocycles. The molecule has 1 saturated heterocycles. The Hall–Kier alpha value is -3.16. The van der Waals surface area contributed by atoms with Gasteiger partial charge in [0.2, 0.25) is 0 Å². The highest BCUT2D eigenvalue weighted by atomic mass is 79.9. The predicted octanol–water partition coefficient (Wildman–Crippen LogP) is 5.65. The maximum absolute atomic E-state index is 12.5. The molecule has 0 N–H and O–H groups in total. The average molecular weight is 509 g/mol. The number of aliphatic imine (C=N–C) groups is 1. The van der Waals surface area contributed by atoms with E-state index in [9.17, 15) is 4.79 Å². The number of ether oxygens (including phenoxy) is 3. The van der Waals surface area contributed by atoms with Crippen molar-refractivity contribution in [1.82, 2.24) is 0 Å². The fourth-order valence-electron chi connectivity index (χ4n) is 3.42. The molecule has 0 aliphatic carbocycles. The van der Waals surface area contributed by atoms with E-state index in [0.29, 0.717) is 23.7 Å². The first-order valence-electron chi connectivity index (χ1n) is 10.8. The minimum Gasteiger partial charge on any atom is -0.490 e. The summed E-state index contributed by atoms with van der Waals surface area (Å²) in [6.07, 6.45) is 1.77. The maximum atomic E-state index is 12.5. The summed E-state index contributed by atoms with van der Waals surface area (Å²) in [7, 11) is 0. The second-order valence-corrected chi connectivity index (χ2v) is 8.33. The molecule has 0 atom stereocenters. The second-order valence-electron chi connectivity index (χ2n) is 7.41. The van der Waals surface area contributed by atoms with Gasteiger partial charge in [-0.15, -0.1) is 0 Å². The Morgan fingerprint density at radius 2 is 1.76 bits per heavy atom. The summed E-state index contributed by atoms with van der Waals surface area (Å²) in [5, 5.41) is 0. The summed E-state index contributed by atoms with van der Waals surface area (Å²) < 4.78 is 17.6. The molecule has 7 heteroatoms. The first-order chi connectivity index (χ1) is 16.1. The van der Waals surface area contributed by atoms with E-state index >= 15 is 0 Å². The number of esters is 1. The molecule has 0 amide bonds. The maximum Gasteiger partial charge on any atom is 0.343 e. The molecule has 0 unspecified atom stereocenters. The molecule has 33 heavy (non-hydrogen) atoms. The van der Waals surface area contributed by atoms with Crippen molar-refractivity contribution < 1.29 is 19.0 Å². The van der Waals surface area contributed by atoms with Gasteiger partial charge in [-0.3, -0.25) is 4.99 Å². The number of hydrogen-bond donors (Lipinski definition) is 0. The number of halogens is 1. The smallest absolute Gasteiger partial charge is 0.343 e. The van der Waals surface area contributed by atoms with Crippen molar-refractivity contribution in [2.75, 3.05) is 37.8 Å². The fourth-order valence-corrected chi connectivity index (χ4v) is 3.69. The van der Waals surface area contributed by atoms with E-state index < -0.39 is 5.97 Å². The van der Waals surface area contributed by atoms with E-state index in [4.69, 9.17) is 14.2 Å². The highest BCUT2D eigenvalue weighted by Gasteiger charge is 2.13. The van der Waals surface area contributed by atoms with Gasteiger partial charge in [0.25, 0.3) is 0 Å². The Balaban J connectivity index is 1.45. The second kappa shape index (κ2) is 11.1. The summed E-state index contributed by atoms with van der Waals surface area (Å²) >= 11 is 3.36. The Morgan fingerprint density at radius 1 is 1.03 bits per heavy atom. The van der Waals surface area contributed by atoms with Gasteiger partial charge in [-0.1, -0.05) is 15.9 Å². The van der Waals surface area contributed by atoms with Gasteiger partial charge < -0.3 is 19.1 Å². The van der Waals surface area contributed by atoms with Crippen LogP contribution in [0.4, 0.5) is 11.4 Å². The molecule has 0 radical (unpaired) electrons. The fraction of sp³-hybridized carbons (Fsp3) is 0.231. The SMILES string of the molecule is CCOc1cc(C=Nc2ccc(N3CCOCC3)cc2)ccc1OC(=O)c1ccc(Br)cc1. The highest BCUT2D eigenvalue weighted by molar-refractivity contribution is 9.10. The lowest BCUT2D eigenvalue weighted by Gasteiger charge is -2.28. The van der Waals surface area contributed by atoms with Gasteiger partial charge in [-0.2, -0.15) is 0 Å². The van der Waals surface area contributed by atoms with Gasteiger partial charge in [-0.05, 0) is 79.2 Å². The zero-order valence-electron chi connectivity index (χ0n) is 18.4. The lowest BCUT2D eigenvalue weighted by atomic mass is 10.2. The summed E-state index contributed by atoms with van der Waals surface area (Å²) in [5.41, 5.74) is 3.34. The van der Waals surface area contributed by atoms with E-state index in [1.807, 2.05) is 31.2 Å². The number of rotatable bonds is 7. The van der Waals surface area contributed by atoms with Crippen LogP contribution in [0, 0.1) is 0 Å². The van der Waals surface area contributed by atoms with Gasteiger partial charge in [0.05, 0.1) is 31.1 Å². The zero-order chi connectivity index (χ0) is 23.0. The van der Waals surface area contributed by atoms with Crippen molar-refractivity contribution in [3.63, 3.8) is 0 Å². The number of carbonyl (C=O) groups excluding carboxylic acids is 1. The number of nitrogens with zero attached hydrogens (tertiary/aromatic N) is 2. The largest absolute Gasteiger partial charge is 0.490 e. The molecule has 3 aromatic carbocycles. The third-order valence-corrected chi connectivity index (χ3v) is 5.67. The quantitative estimate of drug-likeness (QED) is 0.234. The van der Waals surface area contributed by atoms with Crippen LogP contribution < -0.4 is 14.4 Å². The van der Waals surface area contributed by atoms with E-state index in [-0.39, 0.29) is 0 Å². The molecular weight excluding hydrogens is 484 g/mol. The molecule has 1 heterocycles. The Morgan fingerprint density at radius 3 is 2.45 bits per heavy atom. The number of morpholine rings is 1. The number of anilines is 1. The zero-order valence-corrected chi connectivity index (χ0v) is 20.0.